The van der Waals surface area contributed by atoms with Crippen molar-refractivity contribution in [3.8, 4) is 0 Å². The minimum Gasteiger partial charge on any atom is -0.451 e. The van der Waals surface area contributed by atoms with Crippen LogP contribution in [0.3, 0.4) is 0 Å². The van der Waals surface area contributed by atoms with Gasteiger partial charge in [-0.15, -0.1) is 4.83 Å². The second kappa shape index (κ2) is 7.13. The van der Waals surface area contributed by atoms with Gasteiger partial charge in [-0.2, -0.15) is 0 Å². The number of hydrazine groups is 1. The van der Waals surface area contributed by atoms with Crippen LogP contribution >= 0.6 is 0 Å². The average Bonchev–Trinajstić information content (AvgIpc) is 3.02. The number of sulfonamides is 1. The van der Waals surface area contributed by atoms with Gasteiger partial charge in [-0.3, -0.25) is 5.43 Å². The van der Waals surface area contributed by atoms with Gasteiger partial charge in [0.15, 0.2) is 0 Å². The predicted molar refractivity (Wildman–Crippen MR) is 107 cm³/mol. The lowest BCUT2D eigenvalue weighted by Crippen LogP contribution is -2.31. The van der Waals surface area contributed by atoms with Crippen LogP contribution in [-0.2, 0) is 26.5 Å². The smallest absolute Gasteiger partial charge is 0.290 e. The van der Waals surface area contributed by atoms with Gasteiger partial charge >= 0.3 is 0 Å². The Kier molecular flexibility index (Phi) is 5.68. The molecule has 8 nitrogen and oxygen atoms in total. The summed E-state index contributed by atoms with van der Waals surface area (Å²) < 4.78 is 30.1. The van der Waals surface area contributed by atoms with Crippen LogP contribution in [0.2, 0.25) is 0 Å². The van der Waals surface area contributed by atoms with Gasteiger partial charge in [0.05, 0.1) is 23.3 Å². The van der Waals surface area contributed by atoms with E-state index < -0.39 is 15.6 Å². The minimum absolute atomic E-state index is 0.148. The number of hydrogen-bond acceptors (Lipinski definition) is 7. The largest absolute Gasteiger partial charge is 0.451 e. The molecule has 3 N–H and O–H groups in total. The summed E-state index contributed by atoms with van der Waals surface area (Å²) in [6.07, 6.45) is 1.21. The first-order chi connectivity index (χ1) is 12.5. The van der Waals surface area contributed by atoms with Crippen molar-refractivity contribution in [2.24, 2.45) is 0 Å². The summed E-state index contributed by atoms with van der Waals surface area (Å²) >= 11 is 0. The average molecular weight is 411 g/mol. The van der Waals surface area contributed by atoms with Crippen LogP contribution in [0.25, 0.3) is 0 Å². The first-order valence-corrected chi connectivity index (χ1v) is 10.5. The Morgan fingerprint density at radius 1 is 0.929 bits per heavy atom. The lowest BCUT2D eigenvalue weighted by Gasteiger charge is -2.24. The molecule has 0 saturated carbocycles. The molecule has 156 valence electrons. The molecule has 2 heterocycles. The molecule has 0 unspecified atom stereocenters. The van der Waals surface area contributed by atoms with E-state index in [1.54, 1.807) is 13.8 Å². The zero-order valence-corrected chi connectivity index (χ0v) is 18.5. The van der Waals surface area contributed by atoms with Crippen LogP contribution in [0.1, 0.15) is 72.3 Å². The van der Waals surface area contributed by atoms with Gasteiger partial charge in [0.25, 0.3) is 10.0 Å². The fourth-order valence-electron chi connectivity index (χ4n) is 2.21. The quantitative estimate of drug-likeness (QED) is 0.648. The van der Waals surface area contributed by atoms with Crippen molar-refractivity contribution in [2.45, 2.75) is 76.9 Å². The first-order valence-electron chi connectivity index (χ1n) is 8.99. The monoisotopic (exact) mass is 410 g/mol. The van der Waals surface area contributed by atoms with Crippen LogP contribution in [-0.4, -0.2) is 23.5 Å². The maximum Gasteiger partial charge on any atom is 0.290 e. The summed E-state index contributed by atoms with van der Waals surface area (Å²) in [6.45, 7) is 15.2. The van der Waals surface area contributed by atoms with Crippen LogP contribution in [0.4, 0.5) is 5.95 Å². The van der Waals surface area contributed by atoms with Crippen LogP contribution in [0.5, 0.6) is 0 Å². The Morgan fingerprint density at radius 2 is 1.43 bits per heavy atom. The van der Waals surface area contributed by atoms with Crippen molar-refractivity contribution < 1.29 is 17.9 Å². The number of anilines is 1. The number of hydrogen-bond donors (Lipinski definition) is 3. The van der Waals surface area contributed by atoms with Crippen LogP contribution in [0.15, 0.2) is 27.9 Å². The third-order valence-electron chi connectivity index (χ3n) is 4.11. The molecule has 0 amide bonds. The summed E-state index contributed by atoms with van der Waals surface area (Å²) in [4.78, 5) is 11.1. The molecular formula is C19H30N4O4S. The zero-order chi connectivity index (χ0) is 21.5. The van der Waals surface area contributed by atoms with Crippen molar-refractivity contribution in [1.29, 1.82) is 0 Å². The minimum atomic E-state index is -4.01. The number of aromatic nitrogens is 2. The maximum atomic E-state index is 12.5. The molecule has 0 saturated heterocycles. The summed E-state index contributed by atoms with van der Waals surface area (Å²) in [7, 11) is -4.01. The number of furan rings is 1. The molecule has 9 heteroatoms. The molecule has 2 aromatic rings. The molecule has 0 aromatic carbocycles. The molecule has 2 aromatic heterocycles. The fourth-order valence-corrected chi connectivity index (χ4v) is 3.00. The zero-order valence-electron chi connectivity index (χ0n) is 17.7. The standard InChI is InChI=1S/C19H30N4O4S/c1-17(2,3)13-10-14(18(4,5)6)21-16(20-13)22-23-28(25,26)15-9-12(11-27-15)19(7,8)24/h9-11,23-24H,1-8H3,(H,20,21,22). The van der Waals surface area contributed by atoms with Gasteiger partial charge in [0.2, 0.25) is 11.0 Å². The summed E-state index contributed by atoms with van der Waals surface area (Å²) in [5.41, 5.74) is 2.82. The third-order valence-corrected chi connectivity index (χ3v) is 5.22. The highest BCUT2D eigenvalue weighted by molar-refractivity contribution is 7.89. The van der Waals surface area contributed by atoms with E-state index >= 15 is 0 Å². The molecule has 0 aliphatic carbocycles. The van der Waals surface area contributed by atoms with Gasteiger partial charge in [-0.1, -0.05) is 41.5 Å². The van der Waals surface area contributed by atoms with Crippen molar-refractivity contribution in [3.63, 3.8) is 0 Å². The van der Waals surface area contributed by atoms with Crippen molar-refractivity contribution in [3.05, 3.63) is 35.3 Å². The second-order valence-corrected chi connectivity index (χ2v) is 11.0. The fraction of sp³-hybridized carbons (Fsp3) is 0.579. The lowest BCUT2D eigenvalue weighted by molar-refractivity contribution is 0.0779. The van der Waals surface area contributed by atoms with Crippen molar-refractivity contribution in [1.82, 2.24) is 14.8 Å². The molecule has 28 heavy (non-hydrogen) atoms. The van der Waals surface area contributed by atoms with Crippen LogP contribution < -0.4 is 10.3 Å². The van der Waals surface area contributed by atoms with Crippen molar-refractivity contribution >= 4 is 16.0 Å². The van der Waals surface area contributed by atoms with Crippen LogP contribution in [0, 0.1) is 0 Å². The highest BCUT2D eigenvalue weighted by Crippen LogP contribution is 2.28. The number of aliphatic hydroxyl groups is 1. The molecular weight excluding hydrogens is 380 g/mol. The molecule has 0 radical (unpaired) electrons. The Labute approximate surface area is 166 Å². The maximum absolute atomic E-state index is 12.5. The topological polar surface area (TPSA) is 117 Å². The number of rotatable bonds is 5. The molecule has 0 fully saturated rings. The third kappa shape index (κ3) is 5.30. The van der Waals surface area contributed by atoms with Gasteiger partial charge < -0.3 is 9.52 Å². The molecule has 0 bridgehead atoms. The van der Waals surface area contributed by atoms with Gasteiger partial charge in [-0.25, -0.2) is 18.4 Å². The molecule has 0 aliphatic heterocycles. The molecule has 0 atom stereocenters. The van der Waals surface area contributed by atoms with Gasteiger partial charge in [-0.05, 0) is 19.9 Å². The van der Waals surface area contributed by atoms with Gasteiger partial charge in [0.1, 0.15) is 0 Å². The first kappa shape index (κ1) is 22.3. The van der Waals surface area contributed by atoms with Gasteiger partial charge in [0, 0.05) is 22.5 Å². The predicted octanol–water partition coefficient (Wildman–Crippen LogP) is 3.20. The summed E-state index contributed by atoms with van der Waals surface area (Å²) in [6, 6.07) is 3.21. The van der Waals surface area contributed by atoms with E-state index in [0.29, 0.717) is 5.56 Å². The SMILES string of the molecule is CC(C)(C)c1cc(C(C)(C)C)nc(NNS(=O)(=O)c2cc(C(C)(C)O)co2)n1. The number of nitrogens with zero attached hydrogens (tertiary/aromatic N) is 2. The highest BCUT2D eigenvalue weighted by Gasteiger charge is 2.26. The normalized spacial score (nSPS) is 13.6. The Bertz CT molecular complexity index is 913. The van der Waals surface area contributed by atoms with Crippen molar-refractivity contribution in [2.75, 3.05) is 5.43 Å². The second-order valence-electron chi connectivity index (χ2n) is 9.41. The summed E-state index contributed by atoms with van der Waals surface area (Å²) in [5.74, 6) is 0.148. The lowest BCUT2D eigenvalue weighted by atomic mass is 9.87. The Hall–Kier alpha value is -1.97. The molecule has 0 spiro atoms. The molecule has 0 aliphatic rings. The Balaban J connectivity index is 2.31. The van der Waals surface area contributed by atoms with E-state index in [9.17, 15) is 13.5 Å². The Morgan fingerprint density at radius 3 is 1.82 bits per heavy atom. The van der Waals surface area contributed by atoms with E-state index in [0.717, 1.165) is 11.4 Å². The number of nitrogens with one attached hydrogen (secondary N) is 2. The summed E-state index contributed by atoms with van der Waals surface area (Å²) in [5, 5.41) is 9.66. The van der Waals surface area contributed by atoms with E-state index in [2.05, 4.69) is 20.2 Å². The van der Waals surface area contributed by atoms with E-state index in [1.165, 1.54) is 12.3 Å². The molecule has 2 rings (SSSR count). The van der Waals surface area contributed by atoms with E-state index in [4.69, 9.17) is 4.42 Å². The highest BCUT2D eigenvalue weighted by atomic mass is 32.2. The van der Waals surface area contributed by atoms with E-state index in [-0.39, 0.29) is 21.9 Å². The van der Waals surface area contributed by atoms with E-state index in [1.807, 2.05) is 47.6 Å².